The number of terminal acetylenes is 1. The Bertz CT molecular complexity index is 1080. The number of hydrogen-bond acceptors (Lipinski definition) is 4. The predicted octanol–water partition coefficient (Wildman–Crippen LogP) is 4.14. The van der Waals surface area contributed by atoms with Gasteiger partial charge in [0.1, 0.15) is 17.9 Å². The van der Waals surface area contributed by atoms with Gasteiger partial charge in [-0.2, -0.15) is 0 Å². The van der Waals surface area contributed by atoms with E-state index in [9.17, 15) is 14.4 Å². The fourth-order valence-electron chi connectivity index (χ4n) is 2.85. The highest BCUT2D eigenvalue weighted by Crippen LogP contribution is 2.30. The van der Waals surface area contributed by atoms with Gasteiger partial charge >= 0.3 is 6.03 Å². The largest absolute Gasteiger partial charge is 0.479 e. The van der Waals surface area contributed by atoms with Crippen LogP contribution in [0.1, 0.15) is 18.1 Å². The molecule has 0 aliphatic carbocycles. The number of ether oxygens (including phenoxy) is 1. The van der Waals surface area contributed by atoms with Crippen molar-refractivity contribution in [2.24, 2.45) is 0 Å². The number of urea groups is 1. The number of aryl methyl sites for hydroxylation is 1. The van der Waals surface area contributed by atoms with Gasteiger partial charge in [-0.3, -0.25) is 14.9 Å². The van der Waals surface area contributed by atoms with Gasteiger partial charge in [-0.15, -0.1) is 6.42 Å². The van der Waals surface area contributed by atoms with Crippen molar-refractivity contribution in [3.63, 3.8) is 0 Å². The maximum Gasteiger partial charge on any atom is 0.335 e. The molecule has 1 fully saturated rings. The molecule has 2 aromatic rings. The van der Waals surface area contributed by atoms with Gasteiger partial charge in [-0.25, -0.2) is 9.69 Å². The topological polar surface area (TPSA) is 75.7 Å². The fraction of sp³-hybridized carbons (Fsp3) is 0.136. The molecule has 0 bridgehead atoms. The predicted molar refractivity (Wildman–Crippen MR) is 131 cm³/mol. The zero-order valence-electron chi connectivity index (χ0n) is 15.9. The quantitative estimate of drug-likeness (QED) is 0.235. The van der Waals surface area contributed by atoms with E-state index in [0.717, 1.165) is 24.0 Å². The van der Waals surface area contributed by atoms with Crippen LogP contribution in [0.4, 0.5) is 10.5 Å². The third kappa shape index (κ3) is 4.67. The van der Waals surface area contributed by atoms with Gasteiger partial charge < -0.3 is 4.74 Å². The summed E-state index contributed by atoms with van der Waals surface area (Å²) < 4.78 is 7.11. The number of carbonyl (C=O) groups is 3. The van der Waals surface area contributed by atoms with Crippen LogP contribution >= 0.6 is 45.2 Å². The van der Waals surface area contributed by atoms with E-state index in [1.807, 2.05) is 19.1 Å². The third-order valence-corrected chi connectivity index (χ3v) is 5.94. The summed E-state index contributed by atoms with van der Waals surface area (Å²) in [4.78, 5) is 38.7. The molecule has 0 unspecified atom stereocenters. The minimum atomic E-state index is -0.770. The number of imide groups is 2. The molecule has 1 N–H and O–H groups in total. The standard InChI is InChI=1S/C22H16I2N2O4/c1-3-9-30-19-17(23)11-14(12-18(19)24)10-16-20(27)25-22(29)26(21(16)28)15-7-5-13(4-2)6-8-15/h1,5-8,10-12H,4,9H2,2H3,(H,25,27,29)/b16-10-. The van der Waals surface area contributed by atoms with Crippen molar-refractivity contribution in [2.45, 2.75) is 13.3 Å². The van der Waals surface area contributed by atoms with Gasteiger partial charge in [-0.1, -0.05) is 25.0 Å². The highest BCUT2D eigenvalue weighted by molar-refractivity contribution is 14.1. The van der Waals surface area contributed by atoms with Gasteiger partial charge in [0.05, 0.1) is 12.8 Å². The average Bonchev–Trinajstić information content (AvgIpc) is 2.71. The van der Waals surface area contributed by atoms with Crippen LogP contribution in [0.25, 0.3) is 6.08 Å². The molecule has 0 radical (unpaired) electrons. The lowest BCUT2D eigenvalue weighted by molar-refractivity contribution is -0.122. The van der Waals surface area contributed by atoms with E-state index in [1.54, 1.807) is 24.3 Å². The summed E-state index contributed by atoms with van der Waals surface area (Å²) >= 11 is 4.20. The normalized spacial score (nSPS) is 15.2. The van der Waals surface area contributed by atoms with Crippen molar-refractivity contribution in [3.8, 4) is 18.1 Å². The van der Waals surface area contributed by atoms with Crippen molar-refractivity contribution in [1.82, 2.24) is 5.32 Å². The Kier molecular flexibility index (Phi) is 7.14. The summed E-state index contributed by atoms with van der Waals surface area (Å²) in [7, 11) is 0. The summed E-state index contributed by atoms with van der Waals surface area (Å²) in [5, 5.41) is 2.23. The van der Waals surface area contributed by atoms with E-state index in [0.29, 0.717) is 17.0 Å². The van der Waals surface area contributed by atoms with Crippen molar-refractivity contribution in [1.29, 1.82) is 0 Å². The number of amides is 4. The lowest BCUT2D eigenvalue weighted by Crippen LogP contribution is -2.54. The fourth-order valence-corrected chi connectivity index (χ4v) is 4.98. The van der Waals surface area contributed by atoms with Gasteiger partial charge in [0.2, 0.25) is 0 Å². The van der Waals surface area contributed by atoms with E-state index in [-0.39, 0.29) is 12.2 Å². The Labute approximate surface area is 201 Å². The number of carbonyl (C=O) groups excluding carboxylic acids is 3. The molecule has 1 saturated heterocycles. The van der Waals surface area contributed by atoms with E-state index in [4.69, 9.17) is 11.2 Å². The van der Waals surface area contributed by atoms with Crippen LogP contribution in [0.5, 0.6) is 5.75 Å². The van der Waals surface area contributed by atoms with Crippen molar-refractivity contribution in [2.75, 3.05) is 11.5 Å². The molecule has 152 valence electrons. The smallest absolute Gasteiger partial charge is 0.335 e. The van der Waals surface area contributed by atoms with Crippen molar-refractivity contribution >= 4 is 74.8 Å². The van der Waals surface area contributed by atoms with Crippen molar-refractivity contribution in [3.05, 3.63) is 60.2 Å². The highest BCUT2D eigenvalue weighted by Gasteiger charge is 2.36. The average molecular weight is 626 g/mol. The van der Waals surface area contributed by atoms with Gasteiger partial charge in [0, 0.05) is 0 Å². The number of barbiturate groups is 1. The molecule has 6 nitrogen and oxygen atoms in total. The minimum absolute atomic E-state index is 0.127. The molecule has 0 saturated carbocycles. The number of halogens is 2. The molecule has 0 aromatic heterocycles. The molecule has 1 aliphatic rings. The number of hydrogen-bond donors (Lipinski definition) is 1. The summed E-state index contributed by atoms with van der Waals surface area (Å²) in [6.45, 7) is 2.15. The monoisotopic (exact) mass is 626 g/mol. The number of nitrogens with one attached hydrogen (secondary N) is 1. The second-order valence-electron chi connectivity index (χ2n) is 6.28. The zero-order chi connectivity index (χ0) is 21.8. The summed E-state index contributed by atoms with van der Waals surface area (Å²) in [6.07, 6.45) is 7.55. The first-order valence-electron chi connectivity index (χ1n) is 8.91. The maximum absolute atomic E-state index is 13.0. The Hall–Kier alpha value is -2.39. The van der Waals surface area contributed by atoms with E-state index < -0.39 is 17.8 Å². The maximum atomic E-state index is 13.0. The summed E-state index contributed by atoms with van der Waals surface area (Å²) in [5.41, 5.74) is 1.98. The SMILES string of the molecule is C#CCOc1c(I)cc(/C=C2/C(=O)NC(=O)N(c3ccc(CC)cc3)C2=O)cc1I. The Morgan fingerprint density at radius 3 is 2.33 bits per heavy atom. The molecular weight excluding hydrogens is 610 g/mol. The van der Waals surface area contributed by atoms with E-state index >= 15 is 0 Å². The lowest BCUT2D eigenvalue weighted by Gasteiger charge is -2.26. The van der Waals surface area contributed by atoms with Crippen LogP contribution in [0, 0.1) is 19.5 Å². The van der Waals surface area contributed by atoms with Crippen LogP contribution in [-0.2, 0) is 16.0 Å². The Balaban J connectivity index is 1.97. The molecule has 1 aliphatic heterocycles. The Morgan fingerprint density at radius 1 is 1.13 bits per heavy atom. The highest BCUT2D eigenvalue weighted by atomic mass is 127. The van der Waals surface area contributed by atoms with Gasteiger partial charge in [-0.05, 0) is 93.1 Å². The van der Waals surface area contributed by atoms with Crippen LogP contribution in [-0.4, -0.2) is 24.5 Å². The Morgan fingerprint density at radius 2 is 1.77 bits per heavy atom. The molecule has 2 aromatic carbocycles. The molecule has 3 rings (SSSR count). The summed E-state index contributed by atoms with van der Waals surface area (Å²) in [6, 6.07) is 9.84. The number of rotatable bonds is 5. The molecule has 8 heteroatoms. The number of benzene rings is 2. The van der Waals surface area contributed by atoms with Crippen LogP contribution in [0.3, 0.4) is 0 Å². The van der Waals surface area contributed by atoms with Gasteiger partial charge in [0.25, 0.3) is 11.8 Å². The number of nitrogens with zero attached hydrogens (tertiary/aromatic N) is 1. The first-order chi connectivity index (χ1) is 14.3. The lowest BCUT2D eigenvalue weighted by atomic mass is 10.1. The summed E-state index contributed by atoms with van der Waals surface area (Å²) in [5.74, 6) is 1.65. The molecular formula is C22H16I2N2O4. The molecule has 4 amide bonds. The van der Waals surface area contributed by atoms with Crippen LogP contribution < -0.4 is 15.0 Å². The first-order valence-corrected chi connectivity index (χ1v) is 11.1. The molecule has 1 heterocycles. The zero-order valence-corrected chi connectivity index (χ0v) is 20.2. The minimum Gasteiger partial charge on any atom is -0.479 e. The second kappa shape index (κ2) is 9.61. The second-order valence-corrected chi connectivity index (χ2v) is 8.61. The van der Waals surface area contributed by atoms with Crippen molar-refractivity contribution < 1.29 is 19.1 Å². The number of anilines is 1. The van der Waals surface area contributed by atoms with Crippen LogP contribution in [0.15, 0.2) is 42.0 Å². The van der Waals surface area contributed by atoms with E-state index in [2.05, 4.69) is 56.4 Å². The third-order valence-electron chi connectivity index (χ3n) is 4.34. The van der Waals surface area contributed by atoms with Gasteiger partial charge in [0.15, 0.2) is 0 Å². The van der Waals surface area contributed by atoms with Crippen LogP contribution in [0.2, 0.25) is 0 Å². The first kappa shape index (κ1) is 22.3. The molecule has 0 atom stereocenters. The molecule has 30 heavy (non-hydrogen) atoms. The van der Waals surface area contributed by atoms with E-state index in [1.165, 1.54) is 6.08 Å². The molecule has 0 spiro atoms.